The lowest BCUT2D eigenvalue weighted by Crippen LogP contribution is -2.14. The minimum absolute atomic E-state index is 0.216. The predicted octanol–water partition coefficient (Wildman–Crippen LogP) is 4.37. The molecule has 0 fully saturated rings. The van der Waals surface area contributed by atoms with Crippen molar-refractivity contribution in [3.8, 4) is 11.6 Å². The predicted molar refractivity (Wildman–Crippen MR) is 91.5 cm³/mol. The number of aromatic nitrogens is 3. The topological polar surface area (TPSA) is 72.5 Å². The average molecular weight is 363 g/mol. The van der Waals surface area contributed by atoms with Gasteiger partial charge >= 0.3 is 0 Å². The van der Waals surface area contributed by atoms with Crippen LogP contribution in [0.15, 0.2) is 54.2 Å². The summed E-state index contributed by atoms with van der Waals surface area (Å²) in [6.07, 6.45) is 4.72. The lowest BCUT2D eigenvalue weighted by atomic mass is 10.2. The first-order chi connectivity index (χ1) is 11.6. The van der Waals surface area contributed by atoms with Gasteiger partial charge in [0, 0.05) is 29.2 Å². The van der Waals surface area contributed by atoms with Crippen LogP contribution in [-0.4, -0.2) is 25.6 Å². The van der Waals surface area contributed by atoms with Crippen LogP contribution in [0.4, 0.5) is 0 Å². The third kappa shape index (κ3) is 3.34. The first kappa shape index (κ1) is 16.3. The van der Waals surface area contributed by atoms with Crippen LogP contribution in [0.25, 0.3) is 0 Å². The summed E-state index contributed by atoms with van der Waals surface area (Å²) in [4.78, 5) is 8.31. The van der Waals surface area contributed by atoms with Gasteiger partial charge < -0.3 is 9.94 Å². The Morgan fingerprint density at radius 1 is 1.25 bits per heavy atom. The van der Waals surface area contributed by atoms with E-state index in [1.807, 2.05) is 6.92 Å². The van der Waals surface area contributed by atoms with E-state index in [0.29, 0.717) is 21.4 Å². The lowest BCUT2D eigenvalue weighted by molar-refractivity contribution is 0.317. The summed E-state index contributed by atoms with van der Waals surface area (Å²) in [6.45, 7) is 1.82. The molecule has 2 aromatic heterocycles. The van der Waals surface area contributed by atoms with Gasteiger partial charge in [-0.15, -0.1) is 0 Å². The van der Waals surface area contributed by atoms with Crippen LogP contribution in [0.3, 0.4) is 0 Å². The smallest absolute Gasteiger partial charge is 0.230 e. The number of pyridine rings is 1. The fourth-order valence-electron chi connectivity index (χ4n) is 2.07. The van der Waals surface area contributed by atoms with Gasteiger partial charge in [-0.1, -0.05) is 28.4 Å². The summed E-state index contributed by atoms with van der Waals surface area (Å²) in [6, 6.07) is 8.40. The van der Waals surface area contributed by atoms with Gasteiger partial charge in [-0.05, 0) is 31.2 Å². The molecule has 0 saturated heterocycles. The molecule has 0 saturated carbocycles. The standard InChI is InChI=1S/C16H12Cl2N4O2/c1-10-2-4-12(15(21-23)22-7-6-19-9-22)16(20-10)24-14-8-11(17)3-5-13(14)18/h2-9,23H,1H3/b21-15-. The first-order valence-electron chi connectivity index (χ1n) is 6.90. The molecular weight excluding hydrogens is 351 g/mol. The normalized spacial score (nSPS) is 11.5. The van der Waals surface area contributed by atoms with Crippen molar-refractivity contribution in [1.82, 2.24) is 14.5 Å². The number of imidazole rings is 1. The highest BCUT2D eigenvalue weighted by molar-refractivity contribution is 6.34. The van der Waals surface area contributed by atoms with Gasteiger partial charge in [0.15, 0.2) is 5.84 Å². The van der Waals surface area contributed by atoms with Crippen LogP contribution in [0.2, 0.25) is 10.0 Å². The molecule has 122 valence electrons. The van der Waals surface area contributed by atoms with E-state index >= 15 is 0 Å². The van der Waals surface area contributed by atoms with Crippen LogP contribution in [-0.2, 0) is 0 Å². The minimum Gasteiger partial charge on any atom is -0.437 e. The Hall–Kier alpha value is -2.57. The van der Waals surface area contributed by atoms with Crippen molar-refractivity contribution in [1.29, 1.82) is 0 Å². The molecule has 0 amide bonds. The van der Waals surface area contributed by atoms with E-state index in [-0.39, 0.29) is 11.7 Å². The first-order valence-corrected chi connectivity index (χ1v) is 7.65. The maximum absolute atomic E-state index is 9.42. The summed E-state index contributed by atoms with van der Waals surface area (Å²) >= 11 is 12.1. The molecule has 1 aromatic carbocycles. The molecule has 24 heavy (non-hydrogen) atoms. The third-order valence-corrected chi connectivity index (χ3v) is 3.73. The second kappa shape index (κ2) is 6.90. The van der Waals surface area contributed by atoms with E-state index in [0.717, 1.165) is 5.69 Å². The van der Waals surface area contributed by atoms with E-state index in [1.165, 1.54) is 6.33 Å². The second-order valence-electron chi connectivity index (χ2n) is 4.88. The fraction of sp³-hybridized carbons (Fsp3) is 0.0625. The van der Waals surface area contributed by atoms with Crippen LogP contribution in [0.5, 0.6) is 11.6 Å². The zero-order valence-electron chi connectivity index (χ0n) is 12.5. The zero-order valence-corrected chi connectivity index (χ0v) is 14.0. The molecule has 0 aliphatic rings. The van der Waals surface area contributed by atoms with Crippen molar-refractivity contribution in [2.24, 2.45) is 5.16 Å². The highest BCUT2D eigenvalue weighted by Crippen LogP contribution is 2.33. The molecule has 0 atom stereocenters. The number of aryl methyl sites for hydroxylation is 1. The molecule has 0 radical (unpaired) electrons. The highest BCUT2D eigenvalue weighted by atomic mass is 35.5. The minimum atomic E-state index is 0.216. The van der Waals surface area contributed by atoms with Crippen molar-refractivity contribution < 1.29 is 9.94 Å². The van der Waals surface area contributed by atoms with Crippen molar-refractivity contribution >= 4 is 29.0 Å². The van der Waals surface area contributed by atoms with Crippen molar-refractivity contribution in [3.63, 3.8) is 0 Å². The second-order valence-corrected chi connectivity index (χ2v) is 5.72. The Bertz CT molecular complexity index is 895. The summed E-state index contributed by atoms with van der Waals surface area (Å²) in [7, 11) is 0. The maximum atomic E-state index is 9.42. The molecule has 0 unspecified atom stereocenters. The van der Waals surface area contributed by atoms with Gasteiger partial charge in [0.25, 0.3) is 0 Å². The molecule has 0 bridgehead atoms. The third-order valence-electron chi connectivity index (χ3n) is 3.18. The number of hydrogen-bond donors (Lipinski definition) is 1. The number of hydrogen-bond acceptors (Lipinski definition) is 5. The van der Waals surface area contributed by atoms with E-state index in [2.05, 4.69) is 15.1 Å². The lowest BCUT2D eigenvalue weighted by Gasteiger charge is -2.13. The van der Waals surface area contributed by atoms with Gasteiger partial charge in [-0.2, -0.15) is 0 Å². The monoisotopic (exact) mass is 362 g/mol. The Morgan fingerprint density at radius 2 is 2.08 bits per heavy atom. The van der Waals surface area contributed by atoms with E-state index in [4.69, 9.17) is 27.9 Å². The molecular formula is C16H12Cl2N4O2. The van der Waals surface area contributed by atoms with E-state index in [9.17, 15) is 5.21 Å². The van der Waals surface area contributed by atoms with Crippen molar-refractivity contribution in [2.45, 2.75) is 6.92 Å². The quantitative estimate of drug-likeness (QED) is 0.325. The Morgan fingerprint density at radius 3 is 2.79 bits per heavy atom. The molecule has 3 aromatic rings. The molecule has 0 aliphatic carbocycles. The van der Waals surface area contributed by atoms with Crippen molar-refractivity contribution in [2.75, 3.05) is 0 Å². The number of ether oxygens (including phenoxy) is 1. The van der Waals surface area contributed by atoms with E-state index < -0.39 is 0 Å². The largest absolute Gasteiger partial charge is 0.437 e. The number of nitrogens with zero attached hydrogens (tertiary/aromatic N) is 4. The molecule has 0 aliphatic heterocycles. The summed E-state index contributed by atoms with van der Waals surface area (Å²) in [5, 5.41) is 13.6. The van der Waals surface area contributed by atoms with Gasteiger partial charge in [-0.25, -0.2) is 9.97 Å². The van der Waals surface area contributed by atoms with Crippen LogP contribution >= 0.6 is 23.2 Å². The summed E-state index contributed by atoms with van der Waals surface area (Å²) < 4.78 is 7.37. The number of halogens is 2. The summed E-state index contributed by atoms with van der Waals surface area (Å²) in [5.74, 6) is 0.806. The SMILES string of the molecule is Cc1ccc(/C(=N/O)n2ccnc2)c(Oc2cc(Cl)ccc2Cl)n1. The summed E-state index contributed by atoms with van der Waals surface area (Å²) in [5.41, 5.74) is 1.20. The van der Waals surface area contributed by atoms with Gasteiger partial charge in [0.1, 0.15) is 12.1 Å². The van der Waals surface area contributed by atoms with Crippen LogP contribution in [0.1, 0.15) is 11.3 Å². The van der Waals surface area contributed by atoms with Gasteiger partial charge in [0.2, 0.25) is 5.88 Å². The van der Waals surface area contributed by atoms with Crippen molar-refractivity contribution in [3.05, 3.63) is 70.4 Å². The number of oxime groups is 1. The number of benzene rings is 1. The van der Waals surface area contributed by atoms with E-state index in [1.54, 1.807) is 47.3 Å². The maximum Gasteiger partial charge on any atom is 0.230 e. The number of rotatable bonds is 3. The fourth-order valence-corrected chi connectivity index (χ4v) is 2.39. The molecule has 3 rings (SSSR count). The molecule has 0 spiro atoms. The van der Waals surface area contributed by atoms with Crippen LogP contribution < -0.4 is 4.74 Å². The Balaban J connectivity index is 2.08. The molecule has 1 N–H and O–H groups in total. The zero-order chi connectivity index (χ0) is 17.1. The Kier molecular flexibility index (Phi) is 4.69. The van der Waals surface area contributed by atoms with Gasteiger partial charge in [0.05, 0.1) is 10.6 Å². The molecule has 8 heteroatoms. The van der Waals surface area contributed by atoms with Crippen LogP contribution in [0, 0.1) is 6.92 Å². The Labute approximate surface area is 147 Å². The van der Waals surface area contributed by atoms with Gasteiger partial charge in [-0.3, -0.25) is 4.57 Å². The average Bonchev–Trinajstić information content (AvgIpc) is 3.08. The molecule has 6 nitrogen and oxygen atoms in total. The molecule has 2 heterocycles. The highest BCUT2D eigenvalue weighted by Gasteiger charge is 2.17.